The van der Waals surface area contributed by atoms with Gasteiger partial charge in [-0.3, -0.25) is 4.99 Å². The summed E-state index contributed by atoms with van der Waals surface area (Å²) in [5.41, 5.74) is 1.35. The summed E-state index contributed by atoms with van der Waals surface area (Å²) in [7, 11) is 1.82. The van der Waals surface area contributed by atoms with E-state index in [4.69, 9.17) is 0 Å². The van der Waals surface area contributed by atoms with Crippen LogP contribution in [0.4, 0.5) is 0 Å². The Morgan fingerprint density at radius 3 is 2.33 bits per heavy atom. The van der Waals surface area contributed by atoms with Crippen molar-refractivity contribution in [2.24, 2.45) is 4.99 Å². The zero-order valence-corrected chi connectivity index (χ0v) is 13.7. The third-order valence-electron chi connectivity index (χ3n) is 3.61. The molecule has 118 valence electrons. The summed E-state index contributed by atoms with van der Waals surface area (Å²) in [5, 5.41) is 6.73. The first-order valence-electron chi connectivity index (χ1n) is 8.01. The fourth-order valence-electron chi connectivity index (χ4n) is 2.24. The van der Waals surface area contributed by atoms with Gasteiger partial charge in [0.1, 0.15) is 0 Å². The van der Waals surface area contributed by atoms with E-state index in [0.29, 0.717) is 0 Å². The fourth-order valence-corrected chi connectivity index (χ4v) is 2.24. The van der Waals surface area contributed by atoms with Gasteiger partial charge >= 0.3 is 0 Å². The number of rotatable bonds is 9. The lowest BCUT2D eigenvalue weighted by Crippen LogP contribution is -2.39. The Balaban J connectivity index is 2.15. The molecule has 0 aliphatic heterocycles. The van der Waals surface area contributed by atoms with Crippen molar-refractivity contribution < 1.29 is 0 Å². The van der Waals surface area contributed by atoms with Crippen LogP contribution in [0.3, 0.4) is 0 Å². The Morgan fingerprint density at radius 2 is 1.71 bits per heavy atom. The van der Waals surface area contributed by atoms with E-state index in [2.05, 4.69) is 58.6 Å². The molecule has 0 saturated carbocycles. The largest absolute Gasteiger partial charge is 0.356 e. The first-order valence-corrected chi connectivity index (χ1v) is 8.01. The molecule has 4 nitrogen and oxygen atoms in total. The Labute approximate surface area is 129 Å². The predicted octanol–water partition coefficient (Wildman–Crippen LogP) is 2.13. The van der Waals surface area contributed by atoms with Gasteiger partial charge in [-0.15, -0.1) is 0 Å². The molecule has 1 aromatic carbocycles. The standard InChI is InChI=1S/C17H30N4/c1-4-21(5-2)15-9-13-19-17(18-3)20-14-12-16-10-7-6-8-11-16/h6-8,10-11H,4-5,9,12-15H2,1-3H3,(H2,18,19,20). The van der Waals surface area contributed by atoms with Gasteiger partial charge in [0.05, 0.1) is 0 Å². The van der Waals surface area contributed by atoms with E-state index in [1.807, 2.05) is 13.1 Å². The number of nitrogens with one attached hydrogen (secondary N) is 2. The maximum atomic E-state index is 4.26. The van der Waals surface area contributed by atoms with Crippen molar-refractivity contribution in [2.75, 3.05) is 39.8 Å². The molecular weight excluding hydrogens is 260 g/mol. The zero-order valence-electron chi connectivity index (χ0n) is 13.7. The average Bonchev–Trinajstić information content (AvgIpc) is 2.54. The maximum absolute atomic E-state index is 4.26. The Hall–Kier alpha value is -1.55. The number of hydrogen-bond acceptors (Lipinski definition) is 2. The van der Waals surface area contributed by atoms with Crippen molar-refractivity contribution >= 4 is 5.96 Å². The van der Waals surface area contributed by atoms with Crippen LogP contribution in [0.15, 0.2) is 35.3 Å². The molecule has 0 fully saturated rings. The number of guanidine groups is 1. The van der Waals surface area contributed by atoms with Crippen LogP contribution in [-0.2, 0) is 6.42 Å². The molecule has 0 aromatic heterocycles. The van der Waals surface area contributed by atoms with E-state index < -0.39 is 0 Å². The minimum absolute atomic E-state index is 0.894. The molecule has 0 radical (unpaired) electrons. The highest BCUT2D eigenvalue weighted by atomic mass is 15.2. The second kappa shape index (κ2) is 11.1. The van der Waals surface area contributed by atoms with E-state index in [0.717, 1.165) is 51.5 Å². The normalized spacial score (nSPS) is 11.7. The molecule has 0 spiro atoms. The molecule has 0 heterocycles. The van der Waals surface area contributed by atoms with Crippen molar-refractivity contribution in [1.29, 1.82) is 0 Å². The first kappa shape index (κ1) is 17.5. The molecule has 1 aromatic rings. The van der Waals surface area contributed by atoms with Gasteiger partial charge in [-0.2, -0.15) is 0 Å². The average molecular weight is 290 g/mol. The van der Waals surface area contributed by atoms with Crippen molar-refractivity contribution in [3.05, 3.63) is 35.9 Å². The molecule has 2 N–H and O–H groups in total. The minimum Gasteiger partial charge on any atom is -0.356 e. The summed E-state index contributed by atoms with van der Waals surface area (Å²) in [6.07, 6.45) is 2.15. The number of benzene rings is 1. The summed E-state index contributed by atoms with van der Waals surface area (Å²) < 4.78 is 0. The van der Waals surface area contributed by atoms with Gasteiger partial charge in [-0.05, 0) is 38.0 Å². The third kappa shape index (κ3) is 7.71. The molecule has 0 saturated heterocycles. The lowest BCUT2D eigenvalue weighted by Gasteiger charge is -2.18. The topological polar surface area (TPSA) is 39.7 Å². The van der Waals surface area contributed by atoms with E-state index in [1.165, 1.54) is 5.56 Å². The van der Waals surface area contributed by atoms with Crippen LogP contribution >= 0.6 is 0 Å². The second-order valence-corrected chi connectivity index (χ2v) is 5.04. The molecule has 0 amide bonds. The lowest BCUT2D eigenvalue weighted by molar-refractivity contribution is 0.300. The molecule has 4 heteroatoms. The van der Waals surface area contributed by atoms with Crippen LogP contribution in [-0.4, -0.2) is 50.6 Å². The Kier molecular flexibility index (Phi) is 9.29. The molecule has 1 rings (SSSR count). The smallest absolute Gasteiger partial charge is 0.190 e. The van der Waals surface area contributed by atoms with Crippen molar-refractivity contribution in [3.8, 4) is 0 Å². The number of aliphatic imine (C=N–C) groups is 1. The van der Waals surface area contributed by atoms with Crippen LogP contribution in [0.1, 0.15) is 25.8 Å². The molecular formula is C17H30N4. The SMILES string of the molecule is CCN(CC)CCCNC(=NC)NCCc1ccccc1. The lowest BCUT2D eigenvalue weighted by atomic mass is 10.1. The van der Waals surface area contributed by atoms with Gasteiger partial charge in [-0.1, -0.05) is 44.2 Å². The second-order valence-electron chi connectivity index (χ2n) is 5.04. The summed E-state index contributed by atoms with van der Waals surface area (Å²) in [4.78, 5) is 6.69. The van der Waals surface area contributed by atoms with E-state index in [9.17, 15) is 0 Å². The van der Waals surface area contributed by atoms with Gasteiger partial charge in [0, 0.05) is 20.1 Å². The van der Waals surface area contributed by atoms with Crippen LogP contribution in [0.5, 0.6) is 0 Å². The molecule has 0 bridgehead atoms. The highest BCUT2D eigenvalue weighted by Crippen LogP contribution is 1.98. The summed E-state index contributed by atoms with van der Waals surface area (Å²) in [5.74, 6) is 0.894. The number of hydrogen-bond donors (Lipinski definition) is 2. The van der Waals surface area contributed by atoms with E-state index in [1.54, 1.807) is 0 Å². The minimum atomic E-state index is 0.894. The third-order valence-corrected chi connectivity index (χ3v) is 3.61. The van der Waals surface area contributed by atoms with Crippen LogP contribution in [0.25, 0.3) is 0 Å². The van der Waals surface area contributed by atoms with Gasteiger partial charge in [0.15, 0.2) is 5.96 Å². The van der Waals surface area contributed by atoms with Crippen molar-refractivity contribution in [1.82, 2.24) is 15.5 Å². The predicted molar refractivity (Wildman–Crippen MR) is 91.9 cm³/mol. The quantitative estimate of drug-likeness (QED) is 0.416. The monoisotopic (exact) mass is 290 g/mol. The molecule has 21 heavy (non-hydrogen) atoms. The zero-order chi connectivity index (χ0) is 15.3. The van der Waals surface area contributed by atoms with Gasteiger partial charge in [0.2, 0.25) is 0 Å². The molecule has 0 aliphatic rings. The summed E-state index contributed by atoms with van der Waals surface area (Å²) >= 11 is 0. The van der Waals surface area contributed by atoms with Gasteiger partial charge in [0.25, 0.3) is 0 Å². The highest BCUT2D eigenvalue weighted by molar-refractivity contribution is 5.79. The first-order chi connectivity index (χ1) is 10.3. The summed E-state index contributed by atoms with van der Waals surface area (Å²) in [6.45, 7) is 9.67. The Bertz CT molecular complexity index is 385. The van der Waals surface area contributed by atoms with Crippen LogP contribution < -0.4 is 10.6 Å². The Morgan fingerprint density at radius 1 is 1.05 bits per heavy atom. The maximum Gasteiger partial charge on any atom is 0.190 e. The fraction of sp³-hybridized carbons (Fsp3) is 0.588. The molecule has 0 unspecified atom stereocenters. The molecule has 0 aliphatic carbocycles. The van der Waals surface area contributed by atoms with E-state index in [-0.39, 0.29) is 0 Å². The van der Waals surface area contributed by atoms with E-state index >= 15 is 0 Å². The molecule has 0 atom stereocenters. The highest BCUT2D eigenvalue weighted by Gasteiger charge is 2.00. The van der Waals surface area contributed by atoms with Crippen molar-refractivity contribution in [3.63, 3.8) is 0 Å². The number of nitrogens with zero attached hydrogens (tertiary/aromatic N) is 2. The van der Waals surface area contributed by atoms with Gasteiger partial charge < -0.3 is 15.5 Å². The van der Waals surface area contributed by atoms with Crippen molar-refractivity contribution in [2.45, 2.75) is 26.7 Å². The van der Waals surface area contributed by atoms with Gasteiger partial charge in [-0.25, -0.2) is 0 Å². The van der Waals surface area contributed by atoms with Crippen LogP contribution in [0.2, 0.25) is 0 Å². The summed E-state index contributed by atoms with van der Waals surface area (Å²) in [6, 6.07) is 10.5. The van der Waals surface area contributed by atoms with Crippen LogP contribution in [0, 0.1) is 0 Å².